The minimum atomic E-state index is -4.18. The normalized spacial score (nSPS) is 21.6. The van der Waals surface area contributed by atoms with Crippen LogP contribution in [0.25, 0.3) is 11.3 Å². The van der Waals surface area contributed by atoms with Crippen LogP contribution in [-0.2, 0) is 16.4 Å². The molecule has 0 spiro atoms. The van der Waals surface area contributed by atoms with Gasteiger partial charge in [0.25, 0.3) is 15.9 Å². The van der Waals surface area contributed by atoms with Gasteiger partial charge in [0.2, 0.25) is 11.8 Å². The van der Waals surface area contributed by atoms with E-state index in [2.05, 4.69) is 50.4 Å². The van der Waals surface area contributed by atoms with E-state index >= 15 is 4.79 Å². The lowest BCUT2D eigenvalue weighted by molar-refractivity contribution is 0.0445. The smallest absolute Gasteiger partial charge is 0.264 e. The molecule has 1 amide bonds. The van der Waals surface area contributed by atoms with Gasteiger partial charge in [-0.25, -0.2) is 23.1 Å². The van der Waals surface area contributed by atoms with Crippen molar-refractivity contribution in [1.29, 1.82) is 0 Å². The van der Waals surface area contributed by atoms with Crippen LogP contribution in [0.1, 0.15) is 100 Å². The Balaban J connectivity index is 0.00000514. The number of fused-ring (bicyclic) bond motifs is 5. The summed E-state index contributed by atoms with van der Waals surface area (Å²) in [6.07, 6.45) is 13.1. The highest BCUT2D eigenvalue weighted by molar-refractivity contribution is 7.92. The molecule has 1 N–H and O–H groups in total. The Bertz CT molecular complexity index is 2070. The average Bonchev–Trinajstić information content (AvgIpc) is 3.27. The lowest BCUT2D eigenvalue weighted by atomic mass is 9.86. The monoisotopic (exact) mass is 753 g/mol. The second-order valence-corrected chi connectivity index (χ2v) is 17.5. The van der Waals surface area contributed by atoms with Crippen molar-refractivity contribution in [3.63, 3.8) is 0 Å². The Morgan fingerprint density at radius 2 is 1.72 bits per heavy atom. The number of aryl methyl sites for hydroxylation is 2. The van der Waals surface area contributed by atoms with Gasteiger partial charge in [0.15, 0.2) is 0 Å². The molecule has 7 rings (SSSR count). The van der Waals surface area contributed by atoms with Gasteiger partial charge in [0.1, 0.15) is 5.82 Å². The van der Waals surface area contributed by atoms with Crippen molar-refractivity contribution in [2.24, 2.45) is 11.8 Å². The van der Waals surface area contributed by atoms with Crippen molar-refractivity contribution in [2.45, 2.75) is 115 Å². The van der Waals surface area contributed by atoms with Crippen molar-refractivity contribution in [2.75, 3.05) is 23.3 Å². The Morgan fingerprint density at radius 3 is 2.46 bits per heavy atom. The highest BCUT2D eigenvalue weighted by atomic mass is 32.2. The number of hydrogen-bond acceptors (Lipinski definition) is 9. The number of ether oxygens (including phenoxy) is 1. The van der Waals surface area contributed by atoms with E-state index in [1.807, 2.05) is 44.4 Å². The first-order chi connectivity index (χ1) is 26.0. The molecule has 12 heteroatoms. The maximum Gasteiger partial charge on any atom is 0.264 e. The SMILES string of the molecule is Cc1cccc(C)c1-c1cc2nc(n1)NS(=O)(=O)c1cccc(c1)C(=O)N1C(Cc3cncc(N(C)C4CCC4)n3)CCCC(CCC(C)C)C1CCO2.[HH]. The molecule has 1 saturated heterocycles. The predicted molar refractivity (Wildman–Crippen MR) is 213 cm³/mol. The number of nitrogens with zero attached hydrogens (tertiary/aromatic N) is 6. The van der Waals surface area contributed by atoms with Crippen LogP contribution in [0.2, 0.25) is 0 Å². The van der Waals surface area contributed by atoms with Gasteiger partial charge < -0.3 is 14.5 Å². The molecule has 11 nitrogen and oxygen atoms in total. The molecule has 1 aliphatic carbocycles. The molecule has 3 unspecified atom stereocenters. The standard InChI is InChI=1S/C42H53N7O4S.H2/c1-27(2)18-19-30-12-7-16-34(23-32-25-43-26-38(44-32)48(5)33-14-9-15-33)49-37(30)20-21-53-39-24-36(40-28(3)10-6-11-29(40)4)45-42(46-39)47-54(51,52)35-17-8-13-31(22-35)41(49)50;/h6,8,10-11,13,17,22,24-27,30,33-34,37H,7,9,12,14-16,18-21,23H2,1-5H3,(H,45,46,47);1H. The minimum absolute atomic E-state index is 0. The van der Waals surface area contributed by atoms with Gasteiger partial charge in [0.05, 0.1) is 29.1 Å². The maximum atomic E-state index is 15.0. The third-order valence-corrected chi connectivity index (χ3v) is 12.9. The van der Waals surface area contributed by atoms with Crippen LogP contribution >= 0.6 is 0 Å². The lowest BCUT2D eigenvalue weighted by Gasteiger charge is -2.40. The number of rotatable bonds is 8. The van der Waals surface area contributed by atoms with Crippen LogP contribution in [0, 0.1) is 25.7 Å². The van der Waals surface area contributed by atoms with Crippen LogP contribution in [0.3, 0.4) is 0 Å². The lowest BCUT2D eigenvalue weighted by Crippen LogP contribution is -2.50. The first-order valence-corrected chi connectivity index (χ1v) is 21.0. The first-order valence-electron chi connectivity index (χ1n) is 19.5. The summed E-state index contributed by atoms with van der Waals surface area (Å²) < 4.78 is 36.9. The van der Waals surface area contributed by atoms with Gasteiger partial charge in [-0.05, 0) is 93.5 Å². The summed E-state index contributed by atoms with van der Waals surface area (Å²) in [5.41, 5.74) is 4.66. The van der Waals surface area contributed by atoms with Crippen LogP contribution in [0.5, 0.6) is 5.88 Å². The van der Waals surface area contributed by atoms with E-state index in [0.717, 1.165) is 73.1 Å². The number of carbonyl (C=O) groups excluding carboxylic acids is 1. The van der Waals surface area contributed by atoms with Crippen LogP contribution in [-0.4, -0.2) is 70.9 Å². The second kappa shape index (κ2) is 16.0. The summed E-state index contributed by atoms with van der Waals surface area (Å²) in [5, 5.41) is 0. The second-order valence-electron chi connectivity index (χ2n) is 15.8. The molecule has 0 radical (unpaired) electrons. The molecule has 2 aromatic carbocycles. The molecule has 4 heterocycles. The fraction of sp³-hybridized carbons (Fsp3) is 0.500. The van der Waals surface area contributed by atoms with E-state index in [-0.39, 0.29) is 48.7 Å². The van der Waals surface area contributed by atoms with Gasteiger partial charge in [0, 0.05) is 62.8 Å². The highest BCUT2D eigenvalue weighted by Gasteiger charge is 2.39. The zero-order valence-electron chi connectivity index (χ0n) is 32.2. The quantitative estimate of drug-likeness (QED) is 0.190. The molecule has 3 aliphatic rings. The summed E-state index contributed by atoms with van der Waals surface area (Å²) in [7, 11) is -2.09. The zero-order valence-corrected chi connectivity index (χ0v) is 33.0. The fourth-order valence-corrected chi connectivity index (χ4v) is 9.38. The van der Waals surface area contributed by atoms with Crippen molar-refractivity contribution in [1.82, 2.24) is 24.8 Å². The van der Waals surface area contributed by atoms with Crippen LogP contribution < -0.4 is 14.4 Å². The molecule has 2 aromatic heterocycles. The van der Waals surface area contributed by atoms with E-state index in [4.69, 9.17) is 9.72 Å². The minimum Gasteiger partial charge on any atom is -0.477 e. The Kier molecular flexibility index (Phi) is 11.2. The Morgan fingerprint density at radius 1 is 0.963 bits per heavy atom. The number of amides is 1. The van der Waals surface area contributed by atoms with E-state index in [1.54, 1.807) is 18.2 Å². The third-order valence-electron chi connectivity index (χ3n) is 11.6. The third kappa shape index (κ3) is 8.23. The van der Waals surface area contributed by atoms with Crippen molar-refractivity contribution < 1.29 is 19.4 Å². The molecule has 4 bridgehead atoms. The molecule has 1 saturated carbocycles. The number of carbonyl (C=O) groups is 1. The maximum absolute atomic E-state index is 15.0. The van der Waals surface area contributed by atoms with Crippen LogP contribution in [0.4, 0.5) is 11.8 Å². The number of aromatic nitrogens is 4. The number of nitrogens with one attached hydrogen (secondary N) is 1. The van der Waals surface area contributed by atoms with Gasteiger partial charge in [-0.1, -0.05) is 51.0 Å². The van der Waals surface area contributed by atoms with Crippen molar-refractivity contribution >= 4 is 27.7 Å². The van der Waals surface area contributed by atoms with Gasteiger partial charge >= 0.3 is 0 Å². The summed E-state index contributed by atoms with van der Waals surface area (Å²) in [6, 6.07) is 14.3. The van der Waals surface area contributed by atoms with Crippen LogP contribution in [0.15, 0.2) is 65.8 Å². The van der Waals surface area contributed by atoms with Gasteiger partial charge in [-0.15, -0.1) is 0 Å². The molecule has 3 atom stereocenters. The summed E-state index contributed by atoms with van der Waals surface area (Å²) in [4.78, 5) is 38.1. The topological polar surface area (TPSA) is 131 Å². The number of sulfonamides is 1. The average molecular weight is 754 g/mol. The van der Waals surface area contributed by atoms with Gasteiger partial charge in [-0.3, -0.25) is 9.78 Å². The largest absolute Gasteiger partial charge is 0.477 e. The molecular weight excluding hydrogens is 699 g/mol. The molecular formula is C42H55N7O4S. The summed E-state index contributed by atoms with van der Waals surface area (Å²) in [6.45, 7) is 8.78. The Labute approximate surface area is 321 Å². The molecule has 54 heavy (non-hydrogen) atoms. The molecule has 2 fully saturated rings. The van der Waals surface area contributed by atoms with Crippen molar-refractivity contribution in [3.8, 4) is 17.1 Å². The number of anilines is 2. The zero-order chi connectivity index (χ0) is 38.0. The number of hydrogen-bond donors (Lipinski definition) is 1. The first kappa shape index (κ1) is 37.7. The summed E-state index contributed by atoms with van der Waals surface area (Å²) >= 11 is 0. The fourth-order valence-electron chi connectivity index (χ4n) is 8.39. The Hall–Kier alpha value is -4.58. The van der Waals surface area contributed by atoms with E-state index < -0.39 is 10.0 Å². The molecule has 288 valence electrons. The molecule has 4 aromatic rings. The number of benzene rings is 2. The van der Waals surface area contributed by atoms with E-state index in [1.165, 1.54) is 18.6 Å². The molecule has 2 aliphatic heterocycles. The van der Waals surface area contributed by atoms with E-state index in [0.29, 0.717) is 36.1 Å². The van der Waals surface area contributed by atoms with Crippen molar-refractivity contribution in [3.05, 3.63) is 83.3 Å². The van der Waals surface area contributed by atoms with Gasteiger partial charge in [-0.2, -0.15) is 4.98 Å². The predicted octanol–water partition coefficient (Wildman–Crippen LogP) is 8.03. The summed E-state index contributed by atoms with van der Waals surface area (Å²) in [5.74, 6) is 1.61. The highest BCUT2D eigenvalue weighted by Crippen LogP contribution is 2.37. The van der Waals surface area contributed by atoms with E-state index in [9.17, 15) is 8.42 Å².